The minimum atomic E-state index is 0.242. The lowest BCUT2D eigenvalue weighted by Crippen LogP contribution is -2.48. The van der Waals surface area contributed by atoms with Crippen LogP contribution in [0.5, 0.6) is 0 Å². The maximum atomic E-state index is 12.5. The van der Waals surface area contributed by atoms with E-state index in [0.717, 1.165) is 50.5 Å². The first kappa shape index (κ1) is 16.6. The minimum Gasteiger partial charge on any atom is -0.368 e. The Balaban J connectivity index is 1.26. The maximum Gasteiger partial charge on any atom is 0.222 e. The summed E-state index contributed by atoms with van der Waals surface area (Å²) in [6.45, 7) is 3.37. The standard InChI is InChI=1S/C20H23N5O/c26-20(11-6-10-19-22-21-18-9-4-5-12-25(18)19)24-15-13-23(14-16-24)17-7-2-1-3-8-17/h1-5,7-9,12H,6,10-11,13-16H2. The minimum absolute atomic E-state index is 0.242. The van der Waals surface area contributed by atoms with Gasteiger partial charge in [-0.1, -0.05) is 24.3 Å². The van der Waals surface area contributed by atoms with E-state index in [2.05, 4.69) is 39.4 Å². The molecule has 1 fully saturated rings. The number of nitrogens with zero attached hydrogens (tertiary/aromatic N) is 5. The first-order valence-corrected chi connectivity index (χ1v) is 9.18. The first-order chi connectivity index (χ1) is 12.8. The maximum absolute atomic E-state index is 12.5. The van der Waals surface area contributed by atoms with Crippen LogP contribution in [0.1, 0.15) is 18.7 Å². The molecule has 0 atom stereocenters. The molecule has 4 rings (SSSR count). The highest BCUT2D eigenvalue weighted by Crippen LogP contribution is 2.16. The van der Waals surface area contributed by atoms with Gasteiger partial charge in [-0.15, -0.1) is 10.2 Å². The summed E-state index contributed by atoms with van der Waals surface area (Å²) >= 11 is 0. The third-order valence-electron chi connectivity index (χ3n) is 4.93. The van der Waals surface area contributed by atoms with E-state index in [1.165, 1.54) is 5.69 Å². The zero-order valence-corrected chi connectivity index (χ0v) is 14.8. The number of carbonyl (C=O) groups is 1. The van der Waals surface area contributed by atoms with E-state index in [-0.39, 0.29) is 5.91 Å². The number of amides is 1. The summed E-state index contributed by atoms with van der Waals surface area (Å²) in [5, 5.41) is 8.39. The number of hydrogen-bond acceptors (Lipinski definition) is 4. The number of benzene rings is 1. The Morgan fingerprint density at radius 2 is 1.69 bits per heavy atom. The Hall–Kier alpha value is -2.89. The lowest BCUT2D eigenvalue weighted by Gasteiger charge is -2.36. The number of aryl methyl sites for hydroxylation is 1. The molecule has 0 radical (unpaired) electrons. The highest BCUT2D eigenvalue weighted by molar-refractivity contribution is 5.76. The number of anilines is 1. The van der Waals surface area contributed by atoms with Crippen LogP contribution in [0, 0.1) is 0 Å². The summed E-state index contributed by atoms with van der Waals surface area (Å²) in [6.07, 6.45) is 4.09. The molecule has 1 aromatic carbocycles. The average Bonchev–Trinajstić information content (AvgIpc) is 3.12. The molecule has 1 amide bonds. The Labute approximate surface area is 153 Å². The van der Waals surface area contributed by atoms with Gasteiger partial charge in [-0.25, -0.2) is 0 Å². The molecule has 0 spiro atoms. The van der Waals surface area contributed by atoms with E-state index in [4.69, 9.17) is 0 Å². The predicted molar refractivity (Wildman–Crippen MR) is 101 cm³/mol. The number of carbonyl (C=O) groups excluding carboxylic acids is 1. The van der Waals surface area contributed by atoms with Gasteiger partial charge in [0, 0.05) is 50.9 Å². The van der Waals surface area contributed by atoms with Crippen molar-refractivity contribution >= 4 is 17.2 Å². The van der Waals surface area contributed by atoms with Crippen molar-refractivity contribution in [2.75, 3.05) is 31.1 Å². The van der Waals surface area contributed by atoms with Crippen molar-refractivity contribution < 1.29 is 4.79 Å². The summed E-state index contributed by atoms with van der Waals surface area (Å²) in [6, 6.07) is 16.3. The summed E-state index contributed by atoms with van der Waals surface area (Å²) < 4.78 is 1.99. The highest BCUT2D eigenvalue weighted by Gasteiger charge is 2.21. The molecular weight excluding hydrogens is 326 g/mol. The molecule has 2 aromatic heterocycles. The Morgan fingerprint density at radius 1 is 0.923 bits per heavy atom. The average molecular weight is 349 g/mol. The number of fused-ring (bicyclic) bond motifs is 1. The molecule has 1 saturated heterocycles. The number of piperazine rings is 1. The van der Waals surface area contributed by atoms with Crippen LogP contribution in [0.4, 0.5) is 5.69 Å². The molecule has 6 heteroatoms. The summed E-state index contributed by atoms with van der Waals surface area (Å²) in [7, 11) is 0. The lowest BCUT2D eigenvalue weighted by molar-refractivity contribution is -0.131. The number of aromatic nitrogens is 3. The van der Waals surface area contributed by atoms with E-state index < -0.39 is 0 Å². The molecule has 134 valence electrons. The topological polar surface area (TPSA) is 53.7 Å². The zero-order valence-electron chi connectivity index (χ0n) is 14.8. The quantitative estimate of drug-likeness (QED) is 0.710. The monoisotopic (exact) mass is 349 g/mol. The van der Waals surface area contributed by atoms with Crippen LogP contribution in [0.3, 0.4) is 0 Å². The van der Waals surface area contributed by atoms with Crippen molar-refractivity contribution in [1.29, 1.82) is 0 Å². The van der Waals surface area contributed by atoms with Crippen LogP contribution in [-0.2, 0) is 11.2 Å². The van der Waals surface area contributed by atoms with Gasteiger partial charge in [0.1, 0.15) is 5.82 Å². The van der Waals surface area contributed by atoms with E-state index >= 15 is 0 Å². The molecule has 0 saturated carbocycles. The van der Waals surface area contributed by atoms with Gasteiger partial charge >= 0.3 is 0 Å². The van der Waals surface area contributed by atoms with Crippen LogP contribution >= 0.6 is 0 Å². The van der Waals surface area contributed by atoms with Crippen LogP contribution in [0.25, 0.3) is 5.65 Å². The second-order valence-electron chi connectivity index (χ2n) is 6.60. The van der Waals surface area contributed by atoms with Crippen molar-refractivity contribution in [3.63, 3.8) is 0 Å². The Morgan fingerprint density at radius 3 is 2.50 bits per heavy atom. The van der Waals surface area contributed by atoms with Crippen LogP contribution < -0.4 is 4.90 Å². The van der Waals surface area contributed by atoms with E-state index in [1.807, 2.05) is 39.8 Å². The third-order valence-corrected chi connectivity index (χ3v) is 4.93. The van der Waals surface area contributed by atoms with E-state index in [1.54, 1.807) is 0 Å². The fourth-order valence-electron chi connectivity index (χ4n) is 3.47. The predicted octanol–water partition coefficient (Wildman–Crippen LogP) is 2.40. The SMILES string of the molecule is O=C(CCCc1nnc2ccccn12)N1CCN(c2ccccc2)CC1. The molecule has 0 N–H and O–H groups in total. The van der Waals surface area contributed by atoms with Crippen LogP contribution in [0.2, 0.25) is 0 Å². The van der Waals surface area contributed by atoms with Gasteiger partial charge in [0.05, 0.1) is 0 Å². The van der Waals surface area contributed by atoms with Gasteiger partial charge in [-0.3, -0.25) is 9.20 Å². The van der Waals surface area contributed by atoms with E-state index in [0.29, 0.717) is 6.42 Å². The van der Waals surface area contributed by atoms with Gasteiger partial charge in [0.25, 0.3) is 0 Å². The zero-order chi connectivity index (χ0) is 17.8. The molecule has 3 heterocycles. The second-order valence-corrected chi connectivity index (χ2v) is 6.60. The van der Waals surface area contributed by atoms with Gasteiger partial charge in [0.2, 0.25) is 5.91 Å². The third kappa shape index (κ3) is 3.54. The fourth-order valence-corrected chi connectivity index (χ4v) is 3.47. The van der Waals surface area contributed by atoms with Crippen molar-refractivity contribution in [2.24, 2.45) is 0 Å². The first-order valence-electron chi connectivity index (χ1n) is 9.18. The molecule has 0 bridgehead atoms. The molecule has 0 unspecified atom stereocenters. The normalized spacial score (nSPS) is 14.8. The Kier molecular flexibility index (Phi) is 4.82. The summed E-state index contributed by atoms with van der Waals surface area (Å²) in [4.78, 5) is 16.8. The molecule has 26 heavy (non-hydrogen) atoms. The molecule has 0 aliphatic carbocycles. The van der Waals surface area contributed by atoms with Crippen molar-refractivity contribution in [1.82, 2.24) is 19.5 Å². The highest BCUT2D eigenvalue weighted by atomic mass is 16.2. The molecule has 1 aliphatic rings. The molecule has 1 aliphatic heterocycles. The van der Waals surface area contributed by atoms with Gasteiger partial charge in [-0.05, 0) is 30.7 Å². The van der Waals surface area contributed by atoms with Crippen molar-refractivity contribution in [3.05, 3.63) is 60.6 Å². The number of hydrogen-bond donors (Lipinski definition) is 0. The molecular formula is C20H23N5O. The van der Waals surface area contributed by atoms with Gasteiger partial charge in [0.15, 0.2) is 5.65 Å². The van der Waals surface area contributed by atoms with Crippen molar-refractivity contribution in [3.8, 4) is 0 Å². The Bertz CT molecular complexity index is 868. The number of para-hydroxylation sites is 1. The van der Waals surface area contributed by atoms with Gasteiger partial charge in [-0.2, -0.15) is 0 Å². The second kappa shape index (κ2) is 7.56. The lowest BCUT2D eigenvalue weighted by atomic mass is 10.2. The number of rotatable bonds is 5. The molecule has 3 aromatic rings. The summed E-state index contributed by atoms with van der Waals surface area (Å²) in [5.41, 5.74) is 2.09. The summed E-state index contributed by atoms with van der Waals surface area (Å²) in [5.74, 6) is 1.16. The van der Waals surface area contributed by atoms with Crippen molar-refractivity contribution in [2.45, 2.75) is 19.3 Å². The fraction of sp³-hybridized carbons (Fsp3) is 0.350. The van der Waals surface area contributed by atoms with E-state index in [9.17, 15) is 4.79 Å². The van der Waals surface area contributed by atoms with Crippen LogP contribution in [-0.4, -0.2) is 51.6 Å². The van der Waals surface area contributed by atoms with Crippen LogP contribution in [0.15, 0.2) is 54.7 Å². The van der Waals surface area contributed by atoms with Gasteiger partial charge < -0.3 is 9.80 Å². The number of pyridine rings is 1. The largest absolute Gasteiger partial charge is 0.368 e. The molecule has 6 nitrogen and oxygen atoms in total. The smallest absolute Gasteiger partial charge is 0.222 e.